The van der Waals surface area contributed by atoms with Crippen LogP contribution in [0.3, 0.4) is 0 Å². The molecular weight excluding hydrogens is 350 g/mol. The molecule has 0 atom stereocenters. The van der Waals surface area contributed by atoms with Gasteiger partial charge in [0.1, 0.15) is 0 Å². The van der Waals surface area contributed by atoms with Gasteiger partial charge in [0.25, 0.3) is 0 Å². The van der Waals surface area contributed by atoms with Gasteiger partial charge in [-0.15, -0.1) is 5.10 Å². The molecule has 1 amide bonds. The molecule has 28 heavy (non-hydrogen) atoms. The third-order valence-corrected chi connectivity index (χ3v) is 6.60. The molecule has 0 N–H and O–H groups in total. The third kappa shape index (κ3) is 2.95. The topological polar surface area (TPSA) is 63.4 Å². The van der Waals surface area contributed by atoms with E-state index in [1.807, 2.05) is 4.52 Å². The van der Waals surface area contributed by atoms with E-state index in [1.54, 1.807) is 0 Å². The highest BCUT2D eigenvalue weighted by molar-refractivity contribution is 5.87. The molecule has 5 rings (SSSR count). The summed E-state index contributed by atoms with van der Waals surface area (Å²) in [6.07, 6.45) is 8.04. The lowest BCUT2D eigenvalue weighted by atomic mass is 9.93. The van der Waals surface area contributed by atoms with Crippen molar-refractivity contribution in [1.29, 1.82) is 0 Å². The van der Waals surface area contributed by atoms with Crippen molar-refractivity contribution in [2.75, 3.05) is 0 Å². The van der Waals surface area contributed by atoms with Crippen molar-refractivity contribution < 1.29 is 4.79 Å². The number of fused-ring (bicyclic) bond motifs is 3. The number of hydrogen-bond donors (Lipinski definition) is 0. The lowest BCUT2D eigenvalue weighted by Gasteiger charge is -2.34. The van der Waals surface area contributed by atoms with E-state index in [2.05, 4.69) is 52.5 Å². The molecule has 1 aromatic carbocycles. The van der Waals surface area contributed by atoms with Gasteiger partial charge in [-0.05, 0) is 67.2 Å². The molecule has 0 bridgehead atoms. The smallest absolute Gasteiger partial charge is 0.226 e. The van der Waals surface area contributed by atoms with E-state index in [1.165, 1.54) is 30.4 Å². The highest BCUT2D eigenvalue weighted by Gasteiger charge is 2.37. The first-order chi connectivity index (χ1) is 13.6. The SMILES string of the molecule is Cc1ccc2cc(CN(C(=O)C3CC3)C3CCCCC3)c3nnnn3c2c1C. The van der Waals surface area contributed by atoms with E-state index in [-0.39, 0.29) is 5.92 Å². The number of carbonyl (C=O) groups excluding carboxylic acids is 1. The molecular formula is C22H27N5O. The van der Waals surface area contributed by atoms with E-state index in [0.717, 1.165) is 47.8 Å². The highest BCUT2D eigenvalue weighted by atomic mass is 16.2. The van der Waals surface area contributed by atoms with Crippen molar-refractivity contribution in [3.63, 3.8) is 0 Å². The largest absolute Gasteiger partial charge is 0.335 e. The summed E-state index contributed by atoms with van der Waals surface area (Å²) in [7, 11) is 0. The molecule has 2 heterocycles. The second-order valence-corrected chi connectivity index (χ2v) is 8.56. The minimum atomic E-state index is 0.235. The first-order valence-electron chi connectivity index (χ1n) is 10.5. The summed E-state index contributed by atoms with van der Waals surface area (Å²) >= 11 is 0. The molecule has 6 nitrogen and oxygen atoms in total. The van der Waals surface area contributed by atoms with Crippen LogP contribution in [0.1, 0.15) is 61.6 Å². The van der Waals surface area contributed by atoms with E-state index < -0.39 is 0 Å². The van der Waals surface area contributed by atoms with Gasteiger partial charge < -0.3 is 4.90 Å². The summed E-state index contributed by atoms with van der Waals surface area (Å²) in [5.74, 6) is 0.567. The van der Waals surface area contributed by atoms with E-state index in [0.29, 0.717) is 18.5 Å². The minimum Gasteiger partial charge on any atom is -0.335 e. The molecule has 2 aromatic heterocycles. The van der Waals surface area contributed by atoms with Crippen LogP contribution in [0.15, 0.2) is 18.2 Å². The summed E-state index contributed by atoms with van der Waals surface area (Å²) in [6.45, 7) is 4.83. The van der Waals surface area contributed by atoms with Crippen LogP contribution in [0.2, 0.25) is 0 Å². The van der Waals surface area contributed by atoms with Gasteiger partial charge in [0.15, 0.2) is 5.65 Å². The molecule has 0 aliphatic heterocycles. The first kappa shape index (κ1) is 17.6. The van der Waals surface area contributed by atoms with Crippen LogP contribution in [0.5, 0.6) is 0 Å². The summed E-state index contributed by atoms with van der Waals surface area (Å²) in [5.41, 5.74) is 5.29. The Morgan fingerprint density at radius 1 is 1.14 bits per heavy atom. The number of tetrazole rings is 1. The average molecular weight is 377 g/mol. The molecule has 0 unspecified atom stereocenters. The predicted molar refractivity (Wildman–Crippen MR) is 108 cm³/mol. The first-order valence-corrected chi connectivity index (χ1v) is 10.5. The van der Waals surface area contributed by atoms with Crippen molar-refractivity contribution in [2.45, 2.75) is 71.4 Å². The van der Waals surface area contributed by atoms with Gasteiger partial charge in [-0.25, -0.2) is 0 Å². The normalized spacial score (nSPS) is 18.1. The summed E-state index contributed by atoms with van der Waals surface area (Å²) in [4.78, 5) is 15.3. The van der Waals surface area contributed by atoms with Crippen LogP contribution in [0.25, 0.3) is 16.6 Å². The van der Waals surface area contributed by atoms with Gasteiger partial charge in [-0.2, -0.15) is 4.52 Å². The number of pyridine rings is 1. The Kier molecular flexibility index (Phi) is 4.29. The van der Waals surface area contributed by atoms with Crippen molar-refractivity contribution in [2.24, 2.45) is 5.92 Å². The van der Waals surface area contributed by atoms with Gasteiger partial charge in [-0.1, -0.05) is 31.4 Å². The van der Waals surface area contributed by atoms with Crippen molar-refractivity contribution in [1.82, 2.24) is 24.9 Å². The minimum absolute atomic E-state index is 0.235. The molecule has 0 radical (unpaired) electrons. The zero-order valence-electron chi connectivity index (χ0n) is 16.7. The number of amides is 1. The molecule has 2 saturated carbocycles. The van der Waals surface area contributed by atoms with Gasteiger partial charge in [0.05, 0.1) is 5.52 Å². The van der Waals surface area contributed by atoms with Gasteiger partial charge >= 0.3 is 0 Å². The molecule has 2 aliphatic carbocycles. The quantitative estimate of drug-likeness (QED) is 0.690. The van der Waals surface area contributed by atoms with Crippen molar-refractivity contribution >= 4 is 22.5 Å². The highest BCUT2D eigenvalue weighted by Crippen LogP contribution is 2.35. The second-order valence-electron chi connectivity index (χ2n) is 8.56. The fraction of sp³-hybridized carbons (Fsp3) is 0.545. The maximum Gasteiger partial charge on any atom is 0.226 e. The monoisotopic (exact) mass is 377 g/mol. The Morgan fingerprint density at radius 2 is 1.93 bits per heavy atom. The maximum atomic E-state index is 13.1. The maximum absolute atomic E-state index is 13.1. The third-order valence-electron chi connectivity index (χ3n) is 6.60. The molecule has 2 fully saturated rings. The van der Waals surface area contributed by atoms with Crippen LogP contribution in [0.4, 0.5) is 0 Å². The van der Waals surface area contributed by atoms with Gasteiger partial charge in [0, 0.05) is 29.5 Å². The number of carbonyl (C=O) groups is 1. The molecule has 146 valence electrons. The van der Waals surface area contributed by atoms with E-state index in [4.69, 9.17) is 0 Å². The van der Waals surface area contributed by atoms with Gasteiger partial charge in [0.2, 0.25) is 5.91 Å². The number of aromatic nitrogens is 4. The van der Waals surface area contributed by atoms with Crippen molar-refractivity contribution in [3.05, 3.63) is 34.9 Å². The fourth-order valence-corrected chi connectivity index (χ4v) is 4.65. The lowest BCUT2D eigenvalue weighted by Crippen LogP contribution is -2.41. The molecule has 6 heteroatoms. The lowest BCUT2D eigenvalue weighted by molar-refractivity contribution is -0.136. The Balaban J connectivity index is 1.59. The Hall–Kier alpha value is -2.50. The van der Waals surface area contributed by atoms with Crippen molar-refractivity contribution in [3.8, 4) is 0 Å². The van der Waals surface area contributed by atoms with Crippen LogP contribution in [-0.4, -0.2) is 36.9 Å². The number of rotatable bonds is 4. The Morgan fingerprint density at radius 3 is 2.68 bits per heavy atom. The summed E-state index contributed by atoms with van der Waals surface area (Å²) < 4.78 is 1.85. The zero-order valence-corrected chi connectivity index (χ0v) is 16.7. The fourth-order valence-electron chi connectivity index (χ4n) is 4.65. The molecule has 0 saturated heterocycles. The number of benzene rings is 1. The van der Waals surface area contributed by atoms with E-state index in [9.17, 15) is 4.79 Å². The summed E-state index contributed by atoms with van der Waals surface area (Å²) in [5, 5.41) is 13.7. The van der Waals surface area contributed by atoms with Crippen LogP contribution < -0.4 is 0 Å². The standard InChI is InChI=1S/C22H27N5O/c1-14-8-9-17-12-18(21-23-24-25-27(21)20(17)15(14)2)13-26(22(28)16-10-11-16)19-6-4-3-5-7-19/h8-9,12,16,19H,3-7,10-11,13H2,1-2H3. The second kappa shape index (κ2) is 6.83. The Labute approximate surface area is 164 Å². The van der Waals surface area contributed by atoms with E-state index >= 15 is 0 Å². The van der Waals surface area contributed by atoms with Crippen LogP contribution >= 0.6 is 0 Å². The van der Waals surface area contributed by atoms with Gasteiger partial charge in [-0.3, -0.25) is 4.79 Å². The molecule has 2 aliphatic rings. The van der Waals surface area contributed by atoms with Crippen LogP contribution in [-0.2, 0) is 11.3 Å². The number of hydrogen-bond acceptors (Lipinski definition) is 4. The summed E-state index contributed by atoms with van der Waals surface area (Å²) in [6, 6.07) is 6.82. The number of aryl methyl sites for hydroxylation is 2. The average Bonchev–Trinajstić information content (AvgIpc) is 3.45. The van der Waals surface area contributed by atoms with Crippen LogP contribution in [0, 0.1) is 19.8 Å². The Bertz CT molecular complexity index is 1050. The molecule has 3 aromatic rings. The zero-order chi connectivity index (χ0) is 19.3. The molecule has 0 spiro atoms. The number of nitrogens with zero attached hydrogens (tertiary/aromatic N) is 5. The predicted octanol–water partition coefficient (Wildman–Crippen LogP) is 3.97.